The van der Waals surface area contributed by atoms with Crippen LogP contribution in [0.3, 0.4) is 0 Å². The van der Waals surface area contributed by atoms with Gasteiger partial charge in [-0.05, 0) is 65.3 Å². The summed E-state index contributed by atoms with van der Waals surface area (Å²) in [6.07, 6.45) is 7.31. The van der Waals surface area contributed by atoms with Crippen molar-refractivity contribution in [3.8, 4) is 0 Å². The molecule has 2 heteroatoms. The number of nitrogens with zero attached hydrogens (tertiary/aromatic N) is 1. The Morgan fingerprint density at radius 1 is 1.08 bits per heavy atom. The Kier molecular flexibility index (Phi) is 6.69. The van der Waals surface area contributed by atoms with Gasteiger partial charge >= 0.3 is 0 Å². The third-order valence-electron chi connectivity index (χ3n) is 5.28. The molecule has 0 unspecified atom stereocenters. The summed E-state index contributed by atoms with van der Waals surface area (Å²) in [4.78, 5) is 5.63. The molecule has 0 fully saturated rings. The van der Waals surface area contributed by atoms with E-state index in [1.165, 1.54) is 35.1 Å². The van der Waals surface area contributed by atoms with Crippen molar-refractivity contribution in [3.63, 3.8) is 0 Å². The molecule has 0 aliphatic heterocycles. The lowest BCUT2D eigenvalue weighted by atomic mass is 9.62. The molecule has 0 spiro atoms. The van der Waals surface area contributed by atoms with Gasteiger partial charge < -0.3 is 4.84 Å². The maximum Gasteiger partial charge on any atom is 0.107 e. The summed E-state index contributed by atoms with van der Waals surface area (Å²) in [5.74, 6) is 0. The molecule has 2 nitrogen and oxygen atoms in total. The van der Waals surface area contributed by atoms with Gasteiger partial charge in [-0.2, -0.15) is 0 Å². The summed E-state index contributed by atoms with van der Waals surface area (Å²) in [5.41, 5.74) is 6.32. The molecular formula is C22H37NO. The lowest BCUT2D eigenvalue weighted by molar-refractivity contribution is -0.0874. The van der Waals surface area contributed by atoms with Crippen LogP contribution in [0.4, 0.5) is 0 Å². The molecule has 1 aromatic carbocycles. The van der Waals surface area contributed by atoms with Crippen LogP contribution in [0.5, 0.6) is 0 Å². The van der Waals surface area contributed by atoms with Crippen LogP contribution >= 0.6 is 0 Å². The van der Waals surface area contributed by atoms with Crippen LogP contribution in [0.25, 0.3) is 0 Å². The van der Waals surface area contributed by atoms with Gasteiger partial charge in [0.2, 0.25) is 0 Å². The second-order valence-corrected chi connectivity index (χ2v) is 8.26. The van der Waals surface area contributed by atoms with Crippen molar-refractivity contribution in [1.29, 1.82) is 0 Å². The molecular weight excluding hydrogens is 294 g/mol. The Bertz CT molecular complexity index is 584. The van der Waals surface area contributed by atoms with Gasteiger partial charge in [-0.25, -0.2) is 0 Å². The minimum absolute atomic E-state index is 0. The largest absolute Gasteiger partial charge is 0.414 e. The predicted molar refractivity (Wildman–Crippen MR) is 105 cm³/mol. The van der Waals surface area contributed by atoms with Crippen LogP contribution in [0.1, 0.15) is 83.6 Å². The molecule has 0 saturated heterocycles. The van der Waals surface area contributed by atoms with Crippen LogP contribution in [0, 0.1) is 6.92 Å². The first-order valence-corrected chi connectivity index (χ1v) is 8.85. The lowest BCUT2D eigenvalue weighted by Gasteiger charge is -2.42. The predicted octanol–water partition coefficient (Wildman–Crippen LogP) is 6.27. The molecule has 136 valence electrons. The first kappa shape index (κ1) is 20.8. The fraction of sp³-hybridized carbons (Fsp3) is 0.636. The molecule has 1 aromatic rings. The molecule has 0 aromatic heterocycles. The lowest BCUT2D eigenvalue weighted by Crippen LogP contribution is -2.34. The van der Waals surface area contributed by atoms with E-state index in [-0.39, 0.29) is 18.3 Å². The van der Waals surface area contributed by atoms with Gasteiger partial charge in [-0.3, -0.25) is 0 Å². The minimum atomic E-state index is 0. The highest BCUT2D eigenvalue weighted by Gasteiger charge is 2.37. The van der Waals surface area contributed by atoms with Crippen LogP contribution in [0.15, 0.2) is 24.5 Å². The Hall–Kier alpha value is -1.28. The molecule has 0 radical (unpaired) electrons. The van der Waals surface area contributed by atoms with Gasteiger partial charge in [0, 0.05) is 7.05 Å². The van der Waals surface area contributed by atoms with Gasteiger partial charge in [0.25, 0.3) is 0 Å². The summed E-state index contributed by atoms with van der Waals surface area (Å²) in [6.45, 7) is 14.7. The SMILES string of the molecule is C.CC/C=C/ON(C)Cc1cc2c(cc1C)C(C)(C)CCC2(C)C. The van der Waals surface area contributed by atoms with Crippen molar-refractivity contribution < 1.29 is 4.84 Å². The van der Waals surface area contributed by atoms with Gasteiger partial charge in [-0.1, -0.05) is 54.2 Å². The zero-order valence-electron chi connectivity index (χ0n) is 16.0. The van der Waals surface area contributed by atoms with E-state index in [1.54, 1.807) is 6.26 Å². The van der Waals surface area contributed by atoms with E-state index in [0.29, 0.717) is 0 Å². The monoisotopic (exact) mass is 331 g/mol. The maximum atomic E-state index is 5.63. The number of aryl methyl sites for hydroxylation is 1. The Morgan fingerprint density at radius 2 is 1.62 bits per heavy atom. The van der Waals surface area contributed by atoms with E-state index in [9.17, 15) is 0 Å². The highest BCUT2D eigenvalue weighted by molar-refractivity contribution is 5.46. The smallest absolute Gasteiger partial charge is 0.107 e. The molecule has 0 heterocycles. The first-order chi connectivity index (χ1) is 10.7. The quantitative estimate of drug-likeness (QED) is 0.466. The van der Waals surface area contributed by atoms with E-state index in [0.717, 1.165) is 13.0 Å². The fourth-order valence-electron chi connectivity index (χ4n) is 3.46. The van der Waals surface area contributed by atoms with E-state index in [2.05, 4.69) is 53.7 Å². The second-order valence-electron chi connectivity index (χ2n) is 8.26. The molecule has 0 amide bonds. The topological polar surface area (TPSA) is 12.5 Å². The van der Waals surface area contributed by atoms with Crippen molar-refractivity contribution >= 4 is 0 Å². The number of hydroxylamine groups is 2. The van der Waals surface area contributed by atoms with Crippen molar-refractivity contribution in [2.45, 2.75) is 85.6 Å². The van der Waals surface area contributed by atoms with Crippen molar-refractivity contribution in [2.75, 3.05) is 7.05 Å². The van der Waals surface area contributed by atoms with Gasteiger partial charge in [0.1, 0.15) is 6.26 Å². The van der Waals surface area contributed by atoms with Crippen molar-refractivity contribution in [3.05, 3.63) is 46.7 Å². The maximum absolute atomic E-state index is 5.63. The van der Waals surface area contributed by atoms with Crippen LogP contribution < -0.4 is 0 Å². The van der Waals surface area contributed by atoms with Crippen molar-refractivity contribution in [1.82, 2.24) is 5.06 Å². The molecule has 0 atom stereocenters. The second kappa shape index (κ2) is 7.74. The Morgan fingerprint density at radius 3 is 2.17 bits per heavy atom. The summed E-state index contributed by atoms with van der Waals surface area (Å²) in [5, 5.41) is 1.90. The number of hydrogen-bond acceptors (Lipinski definition) is 2. The molecule has 24 heavy (non-hydrogen) atoms. The highest BCUT2D eigenvalue weighted by Crippen LogP contribution is 2.46. The summed E-state index contributed by atoms with van der Waals surface area (Å²) in [7, 11) is 1.99. The van der Waals surface area contributed by atoms with Gasteiger partial charge in [0.15, 0.2) is 0 Å². The average Bonchev–Trinajstić information content (AvgIpc) is 2.46. The molecule has 1 aliphatic rings. The minimum Gasteiger partial charge on any atom is -0.414 e. The number of allylic oxidation sites excluding steroid dienone is 1. The number of hydrogen-bond donors (Lipinski definition) is 0. The third-order valence-corrected chi connectivity index (χ3v) is 5.28. The van der Waals surface area contributed by atoms with E-state index >= 15 is 0 Å². The number of benzene rings is 1. The summed E-state index contributed by atoms with van der Waals surface area (Å²) >= 11 is 0. The van der Waals surface area contributed by atoms with Crippen LogP contribution in [-0.2, 0) is 22.2 Å². The van der Waals surface area contributed by atoms with Crippen molar-refractivity contribution in [2.24, 2.45) is 0 Å². The van der Waals surface area contributed by atoms with E-state index < -0.39 is 0 Å². The number of fused-ring (bicyclic) bond motifs is 1. The van der Waals surface area contributed by atoms with Gasteiger partial charge in [-0.15, -0.1) is 5.06 Å². The first-order valence-electron chi connectivity index (χ1n) is 8.85. The number of rotatable bonds is 5. The zero-order valence-corrected chi connectivity index (χ0v) is 16.0. The Balaban J connectivity index is 0.00000288. The fourth-order valence-corrected chi connectivity index (χ4v) is 3.46. The van der Waals surface area contributed by atoms with Gasteiger partial charge in [0.05, 0.1) is 6.54 Å². The third kappa shape index (κ3) is 4.42. The van der Waals surface area contributed by atoms with E-state index in [1.807, 2.05) is 18.2 Å². The average molecular weight is 332 g/mol. The Labute approximate surface area is 149 Å². The summed E-state index contributed by atoms with van der Waals surface area (Å²) in [6, 6.07) is 4.84. The normalized spacial score (nSPS) is 18.3. The molecule has 2 rings (SSSR count). The molecule has 1 aliphatic carbocycles. The molecule has 0 bridgehead atoms. The molecule has 0 N–H and O–H groups in total. The van der Waals surface area contributed by atoms with E-state index in [4.69, 9.17) is 4.84 Å². The van der Waals surface area contributed by atoms with Crippen LogP contribution in [0.2, 0.25) is 0 Å². The van der Waals surface area contributed by atoms with Crippen LogP contribution in [-0.4, -0.2) is 12.1 Å². The standard InChI is InChI=1S/C21H33NO.CH4/c1-8-9-12-23-22(7)15-17-14-19-18(13-16(17)2)20(3,4)10-11-21(19,5)6;/h9,12-14H,8,10-11,15H2,1-7H3;1H4/b12-9+;. The zero-order chi connectivity index (χ0) is 17.3. The molecule has 0 saturated carbocycles. The highest BCUT2D eigenvalue weighted by atomic mass is 16.7. The summed E-state index contributed by atoms with van der Waals surface area (Å²) < 4.78 is 0.